The van der Waals surface area contributed by atoms with E-state index in [1.165, 1.54) is 0 Å². The molecule has 1 aromatic carbocycles. The van der Waals surface area contributed by atoms with Crippen molar-refractivity contribution < 1.29 is 4.79 Å². The summed E-state index contributed by atoms with van der Waals surface area (Å²) in [6.45, 7) is 2.04. The van der Waals surface area contributed by atoms with Crippen molar-refractivity contribution in [3.63, 3.8) is 0 Å². The number of carbonyl (C=O) groups excluding carboxylic acids is 1. The van der Waals surface area contributed by atoms with Crippen LogP contribution in [0.1, 0.15) is 5.56 Å². The molecule has 1 amide bonds. The molecule has 0 bridgehead atoms. The van der Waals surface area contributed by atoms with E-state index in [0.717, 1.165) is 22.3 Å². The van der Waals surface area contributed by atoms with Gasteiger partial charge in [-0.05, 0) is 47.9 Å². The Morgan fingerprint density at radius 1 is 1.25 bits per heavy atom. The van der Waals surface area contributed by atoms with Crippen LogP contribution in [0.4, 0.5) is 5.82 Å². The number of anilines is 1. The van der Waals surface area contributed by atoms with Gasteiger partial charge in [-0.25, -0.2) is 4.98 Å². The maximum atomic E-state index is 10.4. The van der Waals surface area contributed by atoms with Crippen molar-refractivity contribution >= 4 is 29.5 Å². The zero-order valence-electron chi connectivity index (χ0n) is 10.8. The molecule has 0 aliphatic heterocycles. The number of imidazole rings is 1. The molecule has 0 saturated heterocycles. The summed E-state index contributed by atoms with van der Waals surface area (Å²) in [5.74, 6) is 0.528. The highest BCUT2D eigenvalue weighted by atomic mass is 35.5. The Morgan fingerprint density at radius 3 is 2.90 bits per heavy atom. The van der Waals surface area contributed by atoms with Gasteiger partial charge in [-0.2, -0.15) is 0 Å². The van der Waals surface area contributed by atoms with E-state index in [1.54, 1.807) is 6.20 Å². The highest BCUT2D eigenvalue weighted by molar-refractivity contribution is 6.30. The summed E-state index contributed by atoms with van der Waals surface area (Å²) in [6, 6.07) is 9.72. The van der Waals surface area contributed by atoms with E-state index in [1.807, 2.05) is 47.9 Å². The molecule has 2 heterocycles. The fraction of sp³-hybridized carbons (Fsp3) is 0.0667. The minimum atomic E-state index is 0.528. The van der Waals surface area contributed by atoms with Crippen molar-refractivity contribution in [3.05, 3.63) is 53.3 Å². The molecule has 20 heavy (non-hydrogen) atoms. The number of aromatic nitrogens is 2. The van der Waals surface area contributed by atoms with Crippen molar-refractivity contribution in [1.82, 2.24) is 9.38 Å². The summed E-state index contributed by atoms with van der Waals surface area (Å²) >= 11 is 6.06. The lowest BCUT2D eigenvalue weighted by atomic mass is 10.0. The molecule has 0 radical (unpaired) electrons. The Kier molecular flexibility index (Phi) is 3.16. The number of nitrogens with one attached hydrogen (secondary N) is 1. The second kappa shape index (κ2) is 4.98. The molecule has 0 saturated carbocycles. The number of halogens is 1. The first-order valence-electron chi connectivity index (χ1n) is 6.13. The smallest absolute Gasteiger partial charge is 0.212 e. The Labute approximate surface area is 121 Å². The van der Waals surface area contributed by atoms with E-state index in [-0.39, 0.29) is 0 Å². The average Bonchev–Trinajstić information content (AvgIpc) is 2.83. The van der Waals surface area contributed by atoms with Crippen molar-refractivity contribution in [2.45, 2.75) is 6.92 Å². The third kappa shape index (κ3) is 2.26. The fourth-order valence-electron chi connectivity index (χ4n) is 2.19. The van der Waals surface area contributed by atoms with Gasteiger partial charge in [0.05, 0.1) is 6.20 Å². The zero-order chi connectivity index (χ0) is 14.1. The molecule has 4 nitrogen and oxygen atoms in total. The van der Waals surface area contributed by atoms with E-state index in [4.69, 9.17) is 11.6 Å². The first-order valence-corrected chi connectivity index (χ1v) is 6.50. The molecule has 3 aromatic rings. The lowest BCUT2D eigenvalue weighted by Gasteiger charge is -2.07. The number of carbonyl (C=O) groups is 1. The third-order valence-electron chi connectivity index (χ3n) is 3.17. The van der Waals surface area contributed by atoms with Crippen LogP contribution in [0, 0.1) is 6.92 Å². The minimum absolute atomic E-state index is 0.528. The van der Waals surface area contributed by atoms with Gasteiger partial charge in [-0.15, -0.1) is 0 Å². The third-order valence-corrected chi connectivity index (χ3v) is 3.40. The maximum Gasteiger partial charge on any atom is 0.212 e. The standard InChI is InChI=1S/C15H12ClN3O/c1-10-2-4-12(16)6-13(10)11-3-5-15-18-14(17-9-20)8-19(15)7-11/h2-9H,1H3,(H,17,20). The van der Waals surface area contributed by atoms with Crippen molar-refractivity contribution in [2.24, 2.45) is 0 Å². The van der Waals surface area contributed by atoms with Gasteiger partial charge in [0.1, 0.15) is 5.65 Å². The molecule has 1 N–H and O–H groups in total. The number of rotatable bonds is 3. The van der Waals surface area contributed by atoms with E-state index < -0.39 is 0 Å². The van der Waals surface area contributed by atoms with Gasteiger partial charge in [0.25, 0.3) is 0 Å². The molecule has 100 valence electrons. The van der Waals surface area contributed by atoms with Crippen LogP contribution in [0.15, 0.2) is 42.7 Å². The second-order valence-corrected chi connectivity index (χ2v) is 4.97. The van der Waals surface area contributed by atoms with Gasteiger partial charge in [-0.3, -0.25) is 4.79 Å². The average molecular weight is 286 g/mol. The molecule has 0 spiro atoms. The molecule has 0 unspecified atom stereocenters. The molecular formula is C15H12ClN3O. The Bertz CT molecular complexity index is 795. The second-order valence-electron chi connectivity index (χ2n) is 4.53. The molecule has 0 fully saturated rings. The fourth-order valence-corrected chi connectivity index (χ4v) is 2.36. The summed E-state index contributed by atoms with van der Waals surface area (Å²) in [5, 5.41) is 3.25. The monoisotopic (exact) mass is 285 g/mol. The first-order chi connectivity index (χ1) is 9.67. The van der Waals surface area contributed by atoms with Crippen LogP contribution in [0.3, 0.4) is 0 Å². The van der Waals surface area contributed by atoms with E-state index in [2.05, 4.69) is 10.3 Å². The number of aryl methyl sites for hydroxylation is 1. The predicted octanol–water partition coefficient (Wildman–Crippen LogP) is 3.53. The zero-order valence-corrected chi connectivity index (χ0v) is 11.6. The lowest BCUT2D eigenvalue weighted by Crippen LogP contribution is -1.92. The summed E-state index contributed by atoms with van der Waals surface area (Å²) < 4.78 is 1.88. The number of pyridine rings is 1. The summed E-state index contributed by atoms with van der Waals surface area (Å²) in [4.78, 5) is 14.7. The molecule has 0 aliphatic rings. The number of amides is 1. The Balaban J connectivity index is 2.12. The van der Waals surface area contributed by atoms with Crippen LogP contribution in [0.5, 0.6) is 0 Å². The number of hydrogen-bond donors (Lipinski definition) is 1. The largest absolute Gasteiger partial charge is 0.312 e. The van der Waals surface area contributed by atoms with Crippen LogP contribution in [-0.4, -0.2) is 15.8 Å². The molecule has 2 aromatic heterocycles. The summed E-state index contributed by atoms with van der Waals surface area (Å²) in [6.07, 6.45) is 4.36. The topological polar surface area (TPSA) is 46.4 Å². The Hall–Kier alpha value is -2.33. The van der Waals surface area contributed by atoms with Crippen LogP contribution >= 0.6 is 11.6 Å². The quantitative estimate of drug-likeness (QED) is 0.748. The number of fused-ring (bicyclic) bond motifs is 1. The van der Waals surface area contributed by atoms with Crippen molar-refractivity contribution in [2.75, 3.05) is 5.32 Å². The SMILES string of the molecule is Cc1ccc(Cl)cc1-c1ccc2nc(NC=O)cn2c1. The summed E-state index contributed by atoms with van der Waals surface area (Å²) in [7, 11) is 0. The van der Waals surface area contributed by atoms with Gasteiger partial charge in [-0.1, -0.05) is 17.7 Å². The first kappa shape index (κ1) is 12.7. The van der Waals surface area contributed by atoms with Crippen molar-refractivity contribution in [3.8, 4) is 11.1 Å². The minimum Gasteiger partial charge on any atom is -0.312 e. The van der Waals surface area contributed by atoms with Gasteiger partial charge in [0.2, 0.25) is 6.41 Å². The number of hydrogen-bond acceptors (Lipinski definition) is 2. The van der Waals surface area contributed by atoms with Crippen molar-refractivity contribution in [1.29, 1.82) is 0 Å². The Morgan fingerprint density at radius 2 is 2.10 bits per heavy atom. The van der Waals surface area contributed by atoms with Crippen LogP contribution < -0.4 is 5.32 Å². The van der Waals surface area contributed by atoms with E-state index >= 15 is 0 Å². The molecule has 3 rings (SSSR count). The molecule has 0 atom stereocenters. The molecular weight excluding hydrogens is 274 g/mol. The maximum absolute atomic E-state index is 10.4. The van der Waals surface area contributed by atoms with Crippen LogP contribution in [0.2, 0.25) is 5.02 Å². The predicted molar refractivity (Wildman–Crippen MR) is 80.1 cm³/mol. The van der Waals surface area contributed by atoms with Gasteiger partial charge in [0.15, 0.2) is 5.82 Å². The normalized spacial score (nSPS) is 10.7. The van der Waals surface area contributed by atoms with Gasteiger partial charge < -0.3 is 9.72 Å². The van der Waals surface area contributed by atoms with Gasteiger partial charge >= 0.3 is 0 Å². The highest BCUT2D eigenvalue weighted by Crippen LogP contribution is 2.27. The van der Waals surface area contributed by atoms with E-state index in [9.17, 15) is 4.79 Å². The lowest BCUT2D eigenvalue weighted by molar-refractivity contribution is -0.105. The summed E-state index contributed by atoms with van der Waals surface area (Å²) in [5.41, 5.74) is 4.06. The van der Waals surface area contributed by atoms with Crippen LogP contribution in [-0.2, 0) is 4.79 Å². The number of nitrogens with zero attached hydrogens (tertiary/aromatic N) is 2. The van der Waals surface area contributed by atoms with Crippen LogP contribution in [0.25, 0.3) is 16.8 Å². The highest BCUT2D eigenvalue weighted by Gasteiger charge is 2.06. The van der Waals surface area contributed by atoms with Gasteiger partial charge in [0, 0.05) is 11.2 Å². The molecule has 0 aliphatic carbocycles. The van der Waals surface area contributed by atoms with E-state index in [0.29, 0.717) is 17.3 Å². The molecule has 5 heteroatoms. The number of benzene rings is 1.